The second kappa shape index (κ2) is 12.2. The van der Waals surface area contributed by atoms with Crippen molar-refractivity contribution in [3.8, 4) is 0 Å². The highest BCUT2D eigenvalue weighted by atomic mass is 32.2. The van der Waals surface area contributed by atoms with Crippen LogP contribution in [0.5, 0.6) is 0 Å². The number of nitrogens with one attached hydrogen (secondary N) is 1. The van der Waals surface area contributed by atoms with E-state index in [-0.39, 0.29) is 10.8 Å². The Morgan fingerprint density at radius 1 is 1.06 bits per heavy atom. The number of sulfonamides is 1. The third kappa shape index (κ3) is 7.48. The highest BCUT2D eigenvalue weighted by molar-refractivity contribution is 7.98. The van der Waals surface area contributed by atoms with Gasteiger partial charge in [-0.1, -0.05) is 31.0 Å². The topological polar surface area (TPSA) is 69.7 Å². The molecule has 2 aliphatic rings. The zero-order valence-corrected chi connectivity index (χ0v) is 20.3. The summed E-state index contributed by atoms with van der Waals surface area (Å²) in [7, 11) is -3.72. The van der Waals surface area contributed by atoms with Gasteiger partial charge in [0.15, 0.2) is 0 Å². The maximum absolute atomic E-state index is 13.2. The van der Waals surface area contributed by atoms with E-state index >= 15 is 0 Å². The molecule has 1 atom stereocenters. The van der Waals surface area contributed by atoms with Gasteiger partial charge < -0.3 is 9.80 Å². The number of nitrogens with zero attached hydrogens (tertiary/aromatic N) is 2. The SMILES string of the molecule is CSCCC(NS(=O)(=O)c1ccccc1)C(=O)N1CCC(CN2CCCCCC2)CC1. The first-order chi connectivity index (χ1) is 15.0. The van der Waals surface area contributed by atoms with Gasteiger partial charge in [0.25, 0.3) is 0 Å². The molecular weight excluding hydrogens is 430 g/mol. The molecule has 2 saturated heterocycles. The Labute approximate surface area is 192 Å². The highest BCUT2D eigenvalue weighted by Gasteiger charge is 2.31. The quantitative estimate of drug-likeness (QED) is 0.604. The molecule has 31 heavy (non-hydrogen) atoms. The molecule has 1 unspecified atom stereocenters. The summed E-state index contributed by atoms with van der Waals surface area (Å²) in [5.74, 6) is 1.29. The lowest BCUT2D eigenvalue weighted by Gasteiger charge is -2.36. The molecule has 0 radical (unpaired) electrons. The second-order valence-electron chi connectivity index (χ2n) is 8.75. The van der Waals surface area contributed by atoms with Crippen molar-refractivity contribution in [2.24, 2.45) is 5.92 Å². The van der Waals surface area contributed by atoms with Crippen molar-refractivity contribution in [2.75, 3.05) is 44.7 Å². The fraction of sp³-hybridized carbons (Fsp3) is 0.696. The van der Waals surface area contributed by atoms with Crippen LogP contribution >= 0.6 is 11.8 Å². The van der Waals surface area contributed by atoms with Crippen molar-refractivity contribution < 1.29 is 13.2 Å². The standard InChI is InChI=1S/C23H37N3O3S2/c1-30-18-13-22(24-31(28,29)21-9-5-4-6-10-21)23(27)26-16-11-20(12-17-26)19-25-14-7-2-3-8-15-25/h4-6,9-10,20,22,24H,2-3,7-8,11-19H2,1H3. The van der Waals surface area contributed by atoms with Crippen molar-refractivity contribution in [1.82, 2.24) is 14.5 Å². The predicted octanol–water partition coefficient (Wildman–Crippen LogP) is 3.20. The molecule has 0 spiro atoms. The van der Waals surface area contributed by atoms with Crippen LogP contribution in [0.4, 0.5) is 0 Å². The van der Waals surface area contributed by atoms with Gasteiger partial charge in [-0.3, -0.25) is 4.79 Å². The first-order valence-corrected chi connectivity index (χ1v) is 14.4. The van der Waals surface area contributed by atoms with E-state index in [2.05, 4.69) is 9.62 Å². The summed E-state index contributed by atoms with van der Waals surface area (Å²) >= 11 is 1.63. The first-order valence-electron chi connectivity index (χ1n) is 11.6. The molecular formula is C23H37N3O3S2. The largest absolute Gasteiger partial charge is 0.341 e. The molecule has 0 aliphatic carbocycles. The van der Waals surface area contributed by atoms with Crippen LogP contribution in [-0.2, 0) is 14.8 Å². The van der Waals surface area contributed by atoms with Gasteiger partial charge in [-0.25, -0.2) is 8.42 Å². The van der Waals surface area contributed by atoms with E-state index in [1.807, 2.05) is 11.2 Å². The summed E-state index contributed by atoms with van der Waals surface area (Å²) in [5.41, 5.74) is 0. The van der Waals surface area contributed by atoms with Crippen LogP contribution < -0.4 is 4.72 Å². The molecule has 2 heterocycles. The van der Waals surface area contributed by atoms with Crippen LogP contribution in [-0.4, -0.2) is 74.9 Å². The number of hydrogen-bond acceptors (Lipinski definition) is 5. The number of amides is 1. The first kappa shape index (κ1) is 24.6. The lowest BCUT2D eigenvalue weighted by atomic mass is 9.95. The van der Waals surface area contributed by atoms with Crippen LogP contribution in [0.15, 0.2) is 35.2 Å². The Hall–Kier alpha value is -1.09. The average Bonchev–Trinajstić information content (AvgIpc) is 3.06. The minimum Gasteiger partial charge on any atom is -0.341 e. The minimum absolute atomic E-state index is 0.0817. The lowest BCUT2D eigenvalue weighted by Crippen LogP contribution is -2.51. The third-order valence-corrected chi connectivity index (χ3v) is 8.53. The van der Waals surface area contributed by atoms with E-state index < -0.39 is 16.1 Å². The molecule has 1 aromatic carbocycles. The fourth-order valence-corrected chi connectivity index (χ4v) is 6.28. The van der Waals surface area contributed by atoms with Crippen molar-refractivity contribution in [3.63, 3.8) is 0 Å². The number of benzene rings is 1. The molecule has 0 saturated carbocycles. The molecule has 3 rings (SSSR count). The maximum Gasteiger partial charge on any atom is 0.241 e. The number of rotatable bonds is 9. The number of hydrogen-bond donors (Lipinski definition) is 1. The highest BCUT2D eigenvalue weighted by Crippen LogP contribution is 2.22. The number of carbonyl (C=O) groups is 1. The van der Waals surface area contributed by atoms with Gasteiger partial charge in [0.1, 0.15) is 6.04 Å². The Morgan fingerprint density at radius 3 is 2.32 bits per heavy atom. The average molecular weight is 468 g/mol. The molecule has 0 aromatic heterocycles. The van der Waals surface area contributed by atoms with Crippen molar-refractivity contribution >= 4 is 27.7 Å². The Kier molecular flexibility index (Phi) is 9.69. The van der Waals surface area contributed by atoms with E-state index in [4.69, 9.17) is 0 Å². The van der Waals surface area contributed by atoms with Crippen LogP contribution in [0, 0.1) is 5.92 Å². The van der Waals surface area contributed by atoms with Crippen LogP contribution in [0.1, 0.15) is 44.9 Å². The van der Waals surface area contributed by atoms with E-state index in [0.29, 0.717) is 12.3 Å². The number of likely N-dealkylation sites (tertiary alicyclic amines) is 2. The molecule has 1 aromatic rings. The van der Waals surface area contributed by atoms with E-state index in [9.17, 15) is 13.2 Å². The number of thioether (sulfide) groups is 1. The van der Waals surface area contributed by atoms with Gasteiger partial charge in [-0.2, -0.15) is 16.5 Å². The fourth-order valence-electron chi connectivity index (χ4n) is 4.56. The molecule has 2 aliphatic heterocycles. The summed E-state index contributed by atoms with van der Waals surface area (Å²) in [6, 6.07) is 7.59. The lowest BCUT2D eigenvalue weighted by molar-refractivity contribution is -0.134. The molecule has 8 heteroatoms. The van der Waals surface area contributed by atoms with Gasteiger partial charge in [-0.05, 0) is 75.3 Å². The molecule has 1 N–H and O–H groups in total. The maximum atomic E-state index is 13.2. The van der Waals surface area contributed by atoms with E-state index in [1.165, 1.54) is 38.8 Å². The van der Waals surface area contributed by atoms with Gasteiger partial charge in [0.2, 0.25) is 15.9 Å². The number of piperidine rings is 1. The summed E-state index contributed by atoms with van der Waals surface area (Å²) in [5, 5.41) is 0. The molecule has 1 amide bonds. The monoisotopic (exact) mass is 467 g/mol. The summed E-state index contributed by atoms with van der Waals surface area (Å²) in [4.78, 5) is 17.9. The Morgan fingerprint density at radius 2 is 1.71 bits per heavy atom. The van der Waals surface area contributed by atoms with Crippen LogP contribution in [0.3, 0.4) is 0 Å². The Bertz CT molecular complexity index is 773. The third-order valence-electron chi connectivity index (χ3n) is 6.40. The van der Waals surface area contributed by atoms with Crippen LogP contribution in [0.25, 0.3) is 0 Å². The normalized spacial score (nSPS) is 20.4. The molecule has 174 valence electrons. The van der Waals surface area contributed by atoms with E-state index in [0.717, 1.165) is 38.2 Å². The van der Waals surface area contributed by atoms with Gasteiger partial charge in [-0.15, -0.1) is 0 Å². The van der Waals surface area contributed by atoms with E-state index in [1.54, 1.807) is 42.1 Å². The molecule has 0 bridgehead atoms. The Balaban J connectivity index is 1.56. The van der Waals surface area contributed by atoms with Gasteiger partial charge >= 0.3 is 0 Å². The number of carbonyl (C=O) groups excluding carboxylic acids is 1. The van der Waals surface area contributed by atoms with Crippen molar-refractivity contribution in [3.05, 3.63) is 30.3 Å². The zero-order chi connectivity index (χ0) is 22.1. The smallest absolute Gasteiger partial charge is 0.241 e. The molecule has 6 nitrogen and oxygen atoms in total. The van der Waals surface area contributed by atoms with Crippen molar-refractivity contribution in [2.45, 2.75) is 55.9 Å². The minimum atomic E-state index is -3.72. The predicted molar refractivity (Wildman–Crippen MR) is 128 cm³/mol. The summed E-state index contributed by atoms with van der Waals surface area (Å²) in [6.07, 6.45) is 9.78. The van der Waals surface area contributed by atoms with Gasteiger partial charge in [0, 0.05) is 19.6 Å². The van der Waals surface area contributed by atoms with Crippen molar-refractivity contribution in [1.29, 1.82) is 0 Å². The second-order valence-corrected chi connectivity index (χ2v) is 11.5. The zero-order valence-electron chi connectivity index (χ0n) is 18.7. The van der Waals surface area contributed by atoms with Gasteiger partial charge in [0.05, 0.1) is 4.90 Å². The molecule has 2 fully saturated rings. The summed E-state index contributed by atoms with van der Waals surface area (Å²) in [6.45, 7) is 4.99. The van der Waals surface area contributed by atoms with Crippen LogP contribution in [0.2, 0.25) is 0 Å². The summed E-state index contributed by atoms with van der Waals surface area (Å²) < 4.78 is 28.3.